The van der Waals surface area contributed by atoms with Crippen LogP contribution in [0, 0.1) is 0 Å². The molecule has 8 heteroatoms. The summed E-state index contributed by atoms with van der Waals surface area (Å²) in [5.74, 6) is -1.81. The number of sulfonamides is 1. The van der Waals surface area contributed by atoms with Crippen molar-refractivity contribution in [2.75, 3.05) is 7.05 Å². The van der Waals surface area contributed by atoms with Gasteiger partial charge in [0.1, 0.15) is 6.04 Å². The van der Waals surface area contributed by atoms with Crippen molar-refractivity contribution >= 4 is 21.9 Å². The maximum Gasteiger partial charge on any atom is 0.325 e. The van der Waals surface area contributed by atoms with Crippen molar-refractivity contribution in [3.63, 3.8) is 0 Å². The van der Waals surface area contributed by atoms with Gasteiger partial charge >= 0.3 is 5.97 Å². The predicted molar refractivity (Wildman–Crippen MR) is 81.1 cm³/mol. The number of nitrogens with one attached hydrogen (secondary N) is 1. The molecular formula is C14H20N2O5S. The monoisotopic (exact) mass is 328 g/mol. The van der Waals surface area contributed by atoms with E-state index in [1.54, 1.807) is 13.8 Å². The molecule has 22 heavy (non-hydrogen) atoms. The Kier molecular flexibility index (Phi) is 5.67. The summed E-state index contributed by atoms with van der Waals surface area (Å²) in [5.41, 5.74) is 0.0892. The molecule has 1 aromatic carbocycles. The summed E-state index contributed by atoms with van der Waals surface area (Å²) in [5, 5.41) is 11.1. The lowest BCUT2D eigenvalue weighted by atomic mass is 10.2. The average Bonchev–Trinajstić information content (AvgIpc) is 2.46. The molecule has 0 fully saturated rings. The van der Waals surface area contributed by atoms with Crippen LogP contribution >= 0.6 is 0 Å². The van der Waals surface area contributed by atoms with E-state index in [0.717, 1.165) is 0 Å². The Balaban J connectivity index is 3.10. The second-order valence-electron chi connectivity index (χ2n) is 5.18. The van der Waals surface area contributed by atoms with E-state index in [1.165, 1.54) is 42.5 Å². The highest BCUT2D eigenvalue weighted by Gasteiger charge is 2.24. The molecule has 0 saturated heterocycles. The van der Waals surface area contributed by atoms with Gasteiger partial charge in [-0.2, -0.15) is 4.31 Å². The van der Waals surface area contributed by atoms with Gasteiger partial charge in [-0.1, -0.05) is 6.07 Å². The number of carbonyl (C=O) groups excluding carboxylic acids is 1. The fourth-order valence-electron chi connectivity index (χ4n) is 1.58. The number of hydrogen-bond donors (Lipinski definition) is 2. The number of carboxylic acids is 1. The second-order valence-corrected chi connectivity index (χ2v) is 7.17. The molecule has 0 heterocycles. The molecule has 1 atom stereocenters. The van der Waals surface area contributed by atoms with Gasteiger partial charge in [0.05, 0.1) is 4.90 Å². The molecule has 0 aliphatic heterocycles. The summed E-state index contributed by atoms with van der Waals surface area (Å²) < 4.78 is 26.0. The van der Waals surface area contributed by atoms with Crippen LogP contribution in [-0.4, -0.2) is 48.8 Å². The van der Waals surface area contributed by atoms with E-state index in [2.05, 4.69) is 5.32 Å². The summed E-state index contributed by atoms with van der Waals surface area (Å²) in [6, 6.07) is 4.21. The zero-order chi connectivity index (χ0) is 17.1. The van der Waals surface area contributed by atoms with Crippen molar-refractivity contribution in [3.05, 3.63) is 29.8 Å². The molecule has 0 unspecified atom stereocenters. The average molecular weight is 328 g/mol. The Bertz CT molecular complexity index is 670. The number of benzene rings is 1. The van der Waals surface area contributed by atoms with Crippen LogP contribution in [-0.2, 0) is 14.8 Å². The van der Waals surface area contributed by atoms with Gasteiger partial charge in [-0.05, 0) is 39.0 Å². The number of aliphatic carboxylic acids is 1. The fraction of sp³-hybridized carbons (Fsp3) is 0.429. The van der Waals surface area contributed by atoms with Gasteiger partial charge < -0.3 is 10.4 Å². The number of hydrogen-bond acceptors (Lipinski definition) is 4. The fourth-order valence-corrected chi connectivity index (χ4v) is 3.00. The topological polar surface area (TPSA) is 104 Å². The molecule has 0 aliphatic rings. The quantitative estimate of drug-likeness (QED) is 0.808. The van der Waals surface area contributed by atoms with Gasteiger partial charge in [-0.3, -0.25) is 9.59 Å². The molecule has 0 aromatic heterocycles. The van der Waals surface area contributed by atoms with Crippen molar-refractivity contribution in [2.24, 2.45) is 0 Å². The highest BCUT2D eigenvalue weighted by molar-refractivity contribution is 7.89. The Morgan fingerprint density at radius 3 is 2.32 bits per heavy atom. The molecule has 7 nitrogen and oxygen atoms in total. The number of carboxylic acid groups (broad SMARTS) is 1. The first-order chi connectivity index (χ1) is 10.1. The van der Waals surface area contributed by atoms with Gasteiger partial charge in [0, 0.05) is 18.7 Å². The highest BCUT2D eigenvalue weighted by Crippen LogP contribution is 2.17. The molecule has 1 rings (SSSR count). The molecule has 0 bridgehead atoms. The van der Waals surface area contributed by atoms with E-state index >= 15 is 0 Å². The van der Waals surface area contributed by atoms with Crippen LogP contribution < -0.4 is 5.32 Å². The SMILES string of the molecule is CC(C)N(C)S(=O)(=O)c1cccc(C(=O)N[C@H](C)C(=O)O)c1. The Hall–Kier alpha value is -1.93. The molecule has 1 amide bonds. The van der Waals surface area contributed by atoms with Crippen LogP contribution in [0.5, 0.6) is 0 Å². The Morgan fingerprint density at radius 2 is 1.82 bits per heavy atom. The van der Waals surface area contributed by atoms with E-state index in [9.17, 15) is 18.0 Å². The number of rotatable bonds is 6. The van der Waals surface area contributed by atoms with Gasteiger partial charge in [-0.15, -0.1) is 0 Å². The van der Waals surface area contributed by atoms with Gasteiger partial charge in [0.2, 0.25) is 10.0 Å². The summed E-state index contributed by atoms with van der Waals surface area (Å²) in [6.07, 6.45) is 0. The zero-order valence-electron chi connectivity index (χ0n) is 12.9. The summed E-state index contributed by atoms with van der Waals surface area (Å²) in [4.78, 5) is 22.7. The minimum absolute atomic E-state index is 0.0145. The first-order valence-corrected chi connectivity index (χ1v) is 8.13. The molecule has 2 N–H and O–H groups in total. The van der Waals surface area contributed by atoms with Crippen LogP contribution in [0.15, 0.2) is 29.2 Å². The standard InChI is InChI=1S/C14H20N2O5S/c1-9(2)16(4)22(20,21)12-7-5-6-11(8-12)13(17)15-10(3)14(18)19/h5-10H,1-4H3,(H,15,17)(H,18,19)/t10-/m1/s1. The van der Waals surface area contributed by atoms with Crippen LogP contribution in [0.4, 0.5) is 0 Å². The molecule has 0 spiro atoms. The molecule has 0 saturated carbocycles. The van der Waals surface area contributed by atoms with Crippen molar-refractivity contribution in [2.45, 2.75) is 37.8 Å². The summed E-state index contributed by atoms with van der Waals surface area (Å²) >= 11 is 0. The van der Waals surface area contributed by atoms with Gasteiger partial charge in [0.15, 0.2) is 0 Å². The van der Waals surface area contributed by atoms with E-state index in [-0.39, 0.29) is 16.5 Å². The van der Waals surface area contributed by atoms with Gasteiger partial charge in [-0.25, -0.2) is 8.42 Å². The maximum atomic E-state index is 12.4. The largest absolute Gasteiger partial charge is 0.480 e. The van der Waals surface area contributed by atoms with Crippen molar-refractivity contribution in [3.8, 4) is 0 Å². The van der Waals surface area contributed by atoms with E-state index in [1.807, 2.05) is 0 Å². The predicted octanol–water partition coefficient (Wildman–Crippen LogP) is 0.918. The normalized spacial score (nSPS) is 13.2. The lowest BCUT2D eigenvalue weighted by Gasteiger charge is -2.21. The van der Waals surface area contributed by atoms with Crippen molar-refractivity contribution in [1.29, 1.82) is 0 Å². The third kappa shape index (κ3) is 4.05. The Labute approximate surface area is 130 Å². The number of amides is 1. The minimum Gasteiger partial charge on any atom is -0.480 e. The number of carbonyl (C=O) groups is 2. The maximum absolute atomic E-state index is 12.4. The molecular weight excluding hydrogens is 308 g/mol. The highest BCUT2D eigenvalue weighted by atomic mass is 32.2. The first kappa shape index (κ1) is 18.1. The molecule has 1 aromatic rings. The smallest absolute Gasteiger partial charge is 0.325 e. The second kappa shape index (κ2) is 6.89. The molecule has 0 aliphatic carbocycles. The lowest BCUT2D eigenvalue weighted by Crippen LogP contribution is -2.38. The third-order valence-electron chi connectivity index (χ3n) is 3.22. The molecule has 122 valence electrons. The summed E-state index contributed by atoms with van der Waals surface area (Å²) in [7, 11) is -2.24. The van der Waals surface area contributed by atoms with Crippen LogP contribution in [0.1, 0.15) is 31.1 Å². The zero-order valence-corrected chi connectivity index (χ0v) is 13.7. The van der Waals surface area contributed by atoms with E-state index in [4.69, 9.17) is 5.11 Å². The van der Waals surface area contributed by atoms with E-state index in [0.29, 0.717) is 0 Å². The van der Waals surface area contributed by atoms with Crippen molar-refractivity contribution in [1.82, 2.24) is 9.62 Å². The van der Waals surface area contributed by atoms with Crippen LogP contribution in [0.2, 0.25) is 0 Å². The lowest BCUT2D eigenvalue weighted by molar-refractivity contribution is -0.138. The Morgan fingerprint density at radius 1 is 1.23 bits per heavy atom. The van der Waals surface area contributed by atoms with Gasteiger partial charge in [0.25, 0.3) is 5.91 Å². The third-order valence-corrected chi connectivity index (χ3v) is 5.25. The van der Waals surface area contributed by atoms with Crippen molar-refractivity contribution < 1.29 is 23.1 Å². The molecule has 0 radical (unpaired) electrons. The van der Waals surface area contributed by atoms with Crippen LogP contribution in [0.3, 0.4) is 0 Å². The number of nitrogens with zero attached hydrogens (tertiary/aromatic N) is 1. The van der Waals surface area contributed by atoms with Crippen LogP contribution in [0.25, 0.3) is 0 Å². The summed E-state index contributed by atoms with van der Waals surface area (Å²) in [6.45, 7) is 4.80. The first-order valence-electron chi connectivity index (χ1n) is 6.69. The van der Waals surface area contributed by atoms with E-state index < -0.39 is 27.9 Å². The minimum atomic E-state index is -3.70.